The number of anilines is 1. The summed E-state index contributed by atoms with van der Waals surface area (Å²) < 4.78 is 0. The Hall–Kier alpha value is -1.57. The maximum Gasteiger partial charge on any atom is 0.178 e. The molecule has 8 heteroatoms. The van der Waals surface area contributed by atoms with Gasteiger partial charge in [0.1, 0.15) is 0 Å². The Morgan fingerprint density at radius 1 is 0.963 bits per heavy atom. The molecule has 0 aliphatic carbocycles. The highest BCUT2D eigenvalue weighted by molar-refractivity contribution is 7.80. The minimum absolute atomic E-state index is 0.241. The molecular formula is C19H23Cl2N5S. The van der Waals surface area contributed by atoms with Crippen LogP contribution in [0, 0.1) is 0 Å². The first-order valence-electron chi connectivity index (χ1n) is 8.80. The summed E-state index contributed by atoms with van der Waals surface area (Å²) in [5.74, 6) is 0. The summed E-state index contributed by atoms with van der Waals surface area (Å²) >= 11 is 16.9. The van der Waals surface area contributed by atoms with E-state index in [-0.39, 0.29) is 5.11 Å². The van der Waals surface area contributed by atoms with Gasteiger partial charge in [0.2, 0.25) is 0 Å². The molecule has 0 aromatic heterocycles. The second kappa shape index (κ2) is 9.57. The van der Waals surface area contributed by atoms with Crippen LogP contribution in [0.2, 0.25) is 10.0 Å². The van der Waals surface area contributed by atoms with Crippen LogP contribution in [0.15, 0.2) is 42.5 Å². The molecule has 0 bridgehead atoms. The number of hydrogen-bond acceptors (Lipinski definition) is 4. The van der Waals surface area contributed by atoms with Crippen molar-refractivity contribution in [1.29, 1.82) is 0 Å². The molecule has 0 amide bonds. The van der Waals surface area contributed by atoms with Crippen molar-refractivity contribution in [2.45, 2.75) is 13.1 Å². The number of nitrogens with one attached hydrogen (secondary N) is 2. The van der Waals surface area contributed by atoms with Gasteiger partial charge < -0.3 is 10.6 Å². The maximum absolute atomic E-state index is 6.11. The molecular weight excluding hydrogens is 401 g/mol. The molecule has 5 nitrogen and oxygen atoms in total. The predicted molar refractivity (Wildman–Crippen MR) is 117 cm³/mol. The molecule has 0 spiro atoms. The minimum Gasteiger partial charge on any atom is -0.375 e. The second-order valence-electron chi connectivity index (χ2n) is 6.52. The van der Waals surface area contributed by atoms with Crippen LogP contribution >= 0.6 is 35.4 Å². The van der Waals surface area contributed by atoms with Gasteiger partial charge in [-0.3, -0.25) is 10.3 Å². The van der Waals surface area contributed by atoms with Crippen molar-refractivity contribution in [3.05, 3.63) is 63.6 Å². The summed E-state index contributed by atoms with van der Waals surface area (Å²) in [6.45, 7) is 5.59. The Balaban J connectivity index is 1.48. The molecule has 3 rings (SSSR count). The highest BCUT2D eigenvalue weighted by atomic mass is 35.5. The van der Waals surface area contributed by atoms with Crippen molar-refractivity contribution in [2.24, 2.45) is 5.73 Å². The number of thiocarbonyl (C=S) groups is 1. The van der Waals surface area contributed by atoms with Crippen molar-refractivity contribution < 1.29 is 0 Å². The Labute approximate surface area is 175 Å². The van der Waals surface area contributed by atoms with Gasteiger partial charge in [0.05, 0.1) is 10.0 Å². The van der Waals surface area contributed by atoms with Crippen molar-refractivity contribution in [1.82, 2.24) is 15.8 Å². The number of hydrazine groups is 1. The number of benzene rings is 2. The van der Waals surface area contributed by atoms with Gasteiger partial charge in [-0.2, -0.15) is 0 Å². The van der Waals surface area contributed by atoms with E-state index in [1.165, 1.54) is 16.8 Å². The zero-order chi connectivity index (χ0) is 19.2. The Morgan fingerprint density at radius 2 is 1.63 bits per heavy atom. The average molecular weight is 424 g/mol. The highest BCUT2D eigenvalue weighted by Crippen LogP contribution is 2.24. The van der Waals surface area contributed by atoms with Crippen LogP contribution in [0.1, 0.15) is 11.1 Å². The van der Waals surface area contributed by atoms with E-state index < -0.39 is 0 Å². The summed E-state index contributed by atoms with van der Waals surface area (Å²) in [4.78, 5) is 4.85. The first-order valence-corrected chi connectivity index (χ1v) is 9.96. The van der Waals surface area contributed by atoms with Gasteiger partial charge in [-0.15, -0.1) is 0 Å². The van der Waals surface area contributed by atoms with Gasteiger partial charge in [0.15, 0.2) is 5.11 Å². The molecule has 1 saturated heterocycles. The highest BCUT2D eigenvalue weighted by Gasteiger charge is 2.17. The van der Waals surface area contributed by atoms with Gasteiger partial charge in [-0.05, 0) is 47.6 Å². The third-order valence-corrected chi connectivity index (χ3v) is 5.41. The van der Waals surface area contributed by atoms with Gasteiger partial charge in [0, 0.05) is 45.0 Å². The number of hydrogen-bond donors (Lipinski definition) is 3. The van der Waals surface area contributed by atoms with Crippen LogP contribution < -0.4 is 21.5 Å². The lowest BCUT2D eigenvalue weighted by molar-refractivity contribution is 0.250. The topological polar surface area (TPSA) is 56.6 Å². The van der Waals surface area contributed by atoms with Crippen molar-refractivity contribution in [2.75, 3.05) is 31.1 Å². The molecule has 1 fully saturated rings. The maximum atomic E-state index is 6.11. The molecule has 144 valence electrons. The zero-order valence-electron chi connectivity index (χ0n) is 14.9. The fourth-order valence-corrected chi connectivity index (χ4v) is 3.51. The summed E-state index contributed by atoms with van der Waals surface area (Å²) in [6, 6.07) is 14.4. The van der Waals surface area contributed by atoms with Crippen LogP contribution in [0.25, 0.3) is 0 Å². The zero-order valence-corrected chi connectivity index (χ0v) is 17.2. The Bertz CT molecular complexity index is 776. The third-order valence-electron chi connectivity index (χ3n) is 4.57. The summed E-state index contributed by atoms with van der Waals surface area (Å²) in [5, 5.41) is 1.46. The molecule has 0 atom stereocenters. The van der Waals surface area contributed by atoms with Crippen LogP contribution in [0.5, 0.6) is 0 Å². The molecule has 1 aliphatic rings. The molecule has 1 aliphatic heterocycles. The lowest BCUT2D eigenvalue weighted by Crippen LogP contribution is -2.46. The number of piperazine rings is 1. The first-order chi connectivity index (χ1) is 13.0. The van der Waals surface area contributed by atoms with Gasteiger partial charge in [-0.25, -0.2) is 5.43 Å². The number of nitrogens with zero attached hydrogens (tertiary/aromatic N) is 2. The average Bonchev–Trinajstić information content (AvgIpc) is 2.66. The smallest absolute Gasteiger partial charge is 0.178 e. The van der Waals surface area contributed by atoms with E-state index in [9.17, 15) is 0 Å². The third kappa shape index (κ3) is 5.96. The first kappa shape index (κ1) is 20.2. The van der Waals surface area contributed by atoms with Gasteiger partial charge >= 0.3 is 0 Å². The SMILES string of the molecule is NC(=S)NNCc1ccc(N2CCN(Cc3ccc(Cl)c(Cl)c3)CC2)cc1. The number of halogens is 2. The number of rotatable bonds is 6. The van der Waals surface area contributed by atoms with Crippen molar-refractivity contribution in [3.63, 3.8) is 0 Å². The molecule has 27 heavy (non-hydrogen) atoms. The monoisotopic (exact) mass is 423 g/mol. The Kier molecular flexibility index (Phi) is 7.15. The van der Waals surface area contributed by atoms with Crippen LogP contribution in [-0.2, 0) is 13.1 Å². The minimum atomic E-state index is 0.241. The Morgan fingerprint density at radius 3 is 2.26 bits per heavy atom. The van der Waals surface area contributed by atoms with E-state index >= 15 is 0 Å². The summed E-state index contributed by atoms with van der Waals surface area (Å²) in [7, 11) is 0. The fourth-order valence-electron chi connectivity index (χ4n) is 3.12. The predicted octanol–water partition coefficient (Wildman–Crippen LogP) is 3.15. The molecule has 0 saturated carbocycles. The van der Waals surface area contributed by atoms with Crippen molar-refractivity contribution in [3.8, 4) is 0 Å². The molecule has 0 unspecified atom stereocenters. The van der Waals surface area contributed by atoms with E-state index in [2.05, 4.69) is 44.9 Å². The standard InChI is InChI=1S/C19H23Cl2N5S/c20-17-6-3-15(11-18(17)21)13-25-7-9-26(10-8-25)16-4-1-14(2-5-16)12-23-24-19(22)27/h1-6,11,23H,7-10,12-13H2,(H3,22,24,27). The van der Waals surface area contributed by atoms with E-state index in [1.807, 2.05) is 18.2 Å². The van der Waals surface area contributed by atoms with Crippen LogP contribution in [-0.4, -0.2) is 36.2 Å². The van der Waals surface area contributed by atoms with Crippen LogP contribution in [0.3, 0.4) is 0 Å². The molecule has 1 heterocycles. The van der Waals surface area contributed by atoms with E-state index in [4.69, 9.17) is 41.2 Å². The van der Waals surface area contributed by atoms with E-state index in [0.717, 1.165) is 32.7 Å². The van der Waals surface area contributed by atoms with Gasteiger partial charge in [0.25, 0.3) is 0 Å². The van der Waals surface area contributed by atoms with E-state index in [0.29, 0.717) is 16.6 Å². The van der Waals surface area contributed by atoms with Gasteiger partial charge in [-0.1, -0.05) is 41.4 Å². The quantitative estimate of drug-likeness (QED) is 0.489. The van der Waals surface area contributed by atoms with Crippen LogP contribution in [0.4, 0.5) is 5.69 Å². The molecule has 4 N–H and O–H groups in total. The molecule has 2 aromatic carbocycles. The molecule has 2 aromatic rings. The lowest BCUT2D eigenvalue weighted by atomic mass is 10.1. The van der Waals surface area contributed by atoms with E-state index in [1.54, 1.807) is 0 Å². The lowest BCUT2D eigenvalue weighted by Gasteiger charge is -2.36. The number of nitrogens with two attached hydrogens (primary N) is 1. The normalized spacial score (nSPS) is 15.0. The van der Waals surface area contributed by atoms with Crippen molar-refractivity contribution >= 4 is 46.2 Å². The molecule has 0 radical (unpaired) electrons. The summed E-state index contributed by atoms with van der Waals surface area (Å²) in [5.41, 5.74) is 14.7. The fraction of sp³-hybridized carbons (Fsp3) is 0.316. The second-order valence-corrected chi connectivity index (χ2v) is 7.78. The summed E-state index contributed by atoms with van der Waals surface area (Å²) in [6.07, 6.45) is 0. The largest absolute Gasteiger partial charge is 0.375 e.